The minimum absolute atomic E-state index is 0.0367. The van der Waals surface area contributed by atoms with Crippen molar-refractivity contribution in [1.82, 2.24) is 5.32 Å². The van der Waals surface area contributed by atoms with Gasteiger partial charge < -0.3 is 5.32 Å². The molecule has 0 aliphatic carbocycles. The van der Waals surface area contributed by atoms with Gasteiger partial charge in [0.25, 0.3) is 0 Å². The Morgan fingerprint density at radius 1 is 1.38 bits per heavy atom. The lowest BCUT2D eigenvalue weighted by Crippen LogP contribution is -2.43. The van der Waals surface area contributed by atoms with Crippen molar-refractivity contribution in [1.29, 1.82) is 0 Å². The number of thioether (sulfide) groups is 1. The number of alkyl halides is 1. The first kappa shape index (κ1) is 13.3. The first-order chi connectivity index (χ1) is 5.69. The predicted molar refractivity (Wildman–Crippen MR) is 63.6 cm³/mol. The summed E-state index contributed by atoms with van der Waals surface area (Å²) in [6.45, 7) is 8.60. The normalized spacial score (nSPS) is 12.8. The number of halogens is 1. The van der Waals surface area contributed by atoms with Crippen molar-refractivity contribution in [2.75, 3.05) is 12.8 Å². The van der Waals surface area contributed by atoms with E-state index in [-0.39, 0.29) is 10.7 Å². The van der Waals surface area contributed by atoms with Gasteiger partial charge >= 0.3 is 0 Å². The van der Waals surface area contributed by atoms with Crippen LogP contribution in [0.2, 0.25) is 0 Å². The molecule has 2 nitrogen and oxygen atoms in total. The molecule has 0 rings (SSSR count). The Morgan fingerprint density at radius 3 is 2.15 bits per heavy atom. The van der Waals surface area contributed by atoms with E-state index in [2.05, 4.69) is 35.1 Å². The molecule has 0 fully saturated rings. The second-order valence-electron chi connectivity index (χ2n) is 4.12. The fourth-order valence-electron chi connectivity index (χ4n) is 0.575. The van der Waals surface area contributed by atoms with Crippen molar-refractivity contribution < 1.29 is 4.79 Å². The van der Waals surface area contributed by atoms with Gasteiger partial charge in [0.2, 0.25) is 5.91 Å². The van der Waals surface area contributed by atoms with Crippen molar-refractivity contribution >= 4 is 33.6 Å². The fourth-order valence-corrected chi connectivity index (χ4v) is 0.932. The summed E-state index contributed by atoms with van der Waals surface area (Å²) in [5, 5.41) is 2.91. The molecule has 0 aromatic rings. The molecule has 1 amide bonds. The van der Waals surface area contributed by atoms with Gasteiger partial charge in [-0.05, 0) is 34.0 Å². The number of nitrogens with one attached hydrogen (secondary N) is 1. The van der Waals surface area contributed by atoms with Crippen molar-refractivity contribution in [2.45, 2.75) is 36.8 Å². The largest absolute Gasteiger partial charge is 0.354 e. The third-order valence-electron chi connectivity index (χ3n) is 1.77. The Kier molecular flexibility index (Phi) is 4.80. The molecule has 0 aromatic heterocycles. The standard InChI is InChI=1S/C9H18BrNOS/c1-8(2,13-5)6-11-7(12)9(3,4)10/h6H2,1-5H3,(H,11,12). The Morgan fingerprint density at radius 2 is 1.85 bits per heavy atom. The van der Waals surface area contributed by atoms with Crippen molar-refractivity contribution in [3.8, 4) is 0 Å². The van der Waals surface area contributed by atoms with Crippen LogP contribution in [-0.2, 0) is 4.79 Å². The summed E-state index contributed by atoms with van der Waals surface area (Å²) in [7, 11) is 0. The minimum atomic E-state index is -0.471. The van der Waals surface area contributed by atoms with Gasteiger partial charge in [0.15, 0.2) is 0 Å². The average Bonchev–Trinajstić information content (AvgIpc) is 1.98. The van der Waals surface area contributed by atoms with Crippen LogP contribution in [0.1, 0.15) is 27.7 Å². The third kappa shape index (κ3) is 5.57. The van der Waals surface area contributed by atoms with E-state index < -0.39 is 4.32 Å². The number of rotatable bonds is 4. The lowest BCUT2D eigenvalue weighted by atomic mass is 10.1. The molecule has 0 unspecified atom stereocenters. The number of hydrogen-bond acceptors (Lipinski definition) is 2. The number of carbonyl (C=O) groups excluding carboxylic acids is 1. The summed E-state index contributed by atoms with van der Waals surface area (Å²) in [6, 6.07) is 0. The SMILES string of the molecule is CSC(C)(C)CNC(=O)C(C)(C)Br. The molecular formula is C9H18BrNOS. The van der Waals surface area contributed by atoms with Crippen molar-refractivity contribution in [2.24, 2.45) is 0 Å². The van der Waals surface area contributed by atoms with Gasteiger partial charge in [-0.15, -0.1) is 0 Å². The van der Waals surface area contributed by atoms with Crippen LogP contribution in [0.5, 0.6) is 0 Å². The zero-order valence-electron chi connectivity index (χ0n) is 8.90. The van der Waals surface area contributed by atoms with Gasteiger partial charge in [0.1, 0.15) is 0 Å². The van der Waals surface area contributed by atoms with E-state index in [1.807, 2.05) is 20.1 Å². The Hall–Kier alpha value is 0.300. The van der Waals surface area contributed by atoms with Crippen LogP contribution in [0.3, 0.4) is 0 Å². The van der Waals surface area contributed by atoms with Crippen LogP contribution in [0, 0.1) is 0 Å². The van der Waals surface area contributed by atoms with Gasteiger partial charge in [0, 0.05) is 11.3 Å². The Labute approximate surface area is 93.4 Å². The molecule has 0 bridgehead atoms. The lowest BCUT2D eigenvalue weighted by Gasteiger charge is -2.24. The molecule has 4 heteroatoms. The van der Waals surface area contributed by atoms with Gasteiger partial charge in [-0.1, -0.05) is 15.9 Å². The summed E-state index contributed by atoms with van der Waals surface area (Å²) >= 11 is 5.06. The van der Waals surface area contributed by atoms with E-state index in [0.717, 1.165) is 0 Å². The monoisotopic (exact) mass is 267 g/mol. The number of carbonyl (C=O) groups is 1. The van der Waals surface area contributed by atoms with Crippen LogP contribution in [0.15, 0.2) is 0 Å². The molecular weight excluding hydrogens is 250 g/mol. The molecule has 0 aliphatic heterocycles. The van der Waals surface area contributed by atoms with Crippen LogP contribution in [0.25, 0.3) is 0 Å². The van der Waals surface area contributed by atoms with E-state index >= 15 is 0 Å². The van der Waals surface area contributed by atoms with Crippen LogP contribution in [-0.4, -0.2) is 27.8 Å². The molecule has 1 N–H and O–H groups in total. The summed E-state index contributed by atoms with van der Waals surface area (Å²) in [6.07, 6.45) is 2.05. The molecule has 0 atom stereocenters. The highest BCUT2D eigenvalue weighted by atomic mass is 79.9. The molecule has 0 heterocycles. The zero-order valence-corrected chi connectivity index (χ0v) is 11.3. The highest BCUT2D eigenvalue weighted by Gasteiger charge is 2.25. The first-order valence-corrected chi connectivity index (χ1v) is 6.23. The maximum atomic E-state index is 11.5. The quantitative estimate of drug-likeness (QED) is 0.793. The van der Waals surface area contributed by atoms with E-state index in [1.54, 1.807) is 11.8 Å². The van der Waals surface area contributed by atoms with Crippen LogP contribution in [0.4, 0.5) is 0 Å². The minimum Gasteiger partial charge on any atom is -0.354 e. The zero-order chi connectivity index (χ0) is 10.7. The molecule has 0 aliphatic rings. The molecule has 0 saturated carbocycles. The fraction of sp³-hybridized carbons (Fsp3) is 0.889. The van der Waals surface area contributed by atoms with Crippen LogP contribution >= 0.6 is 27.7 Å². The van der Waals surface area contributed by atoms with Gasteiger partial charge in [0.05, 0.1) is 4.32 Å². The van der Waals surface area contributed by atoms with Crippen molar-refractivity contribution in [3.05, 3.63) is 0 Å². The van der Waals surface area contributed by atoms with E-state index in [1.165, 1.54) is 0 Å². The second kappa shape index (κ2) is 4.69. The van der Waals surface area contributed by atoms with Gasteiger partial charge in [-0.3, -0.25) is 4.79 Å². The maximum absolute atomic E-state index is 11.5. The van der Waals surface area contributed by atoms with E-state index in [4.69, 9.17) is 0 Å². The molecule has 0 aromatic carbocycles. The topological polar surface area (TPSA) is 29.1 Å². The first-order valence-electron chi connectivity index (χ1n) is 4.21. The second-order valence-corrected chi connectivity index (χ2v) is 7.61. The smallest absolute Gasteiger partial charge is 0.236 e. The lowest BCUT2D eigenvalue weighted by molar-refractivity contribution is -0.122. The van der Waals surface area contributed by atoms with Crippen molar-refractivity contribution in [3.63, 3.8) is 0 Å². The highest BCUT2D eigenvalue weighted by molar-refractivity contribution is 9.10. The summed E-state index contributed by atoms with van der Waals surface area (Å²) in [5.41, 5.74) is 0. The summed E-state index contributed by atoms with van der Waals surface area (Å²) in [5.74, 6) is 0.0367. The Bertz CT molecular complexity index is 187. The van der Waals surface area contributed by atoms with E-state index in [9.17, 15) is 4.79 Å². The molecule has 0 spiro atoms. The summed E-state index contributed by atoms with van der Waals surface area (Å²) in [4.78, 5) is 11.5. The Balaban J connectivity index is 3.98. The predicted octanol–water partition coefficient (Wildman–Crippen LogP) is 2.42. The third-order valence-corrected chi connectivity index (χ3v) is 3.38. The number of hydrogen-bond donors (Lipinski definition) is 1. The van der Waals surface area contributed by atoms with Crippen LogP contribution < -0.4 is 5.32 Å². The van der Waals surface area contributed by atoms with Gasteiger partial charge in [-0.25, -0.2) is 0 Å². The molecule has 0 saturated heterocycles. The molecule has 0 radical (unpaired) electrons. The van der Waals surface area contributed by atoms with E-state index in [0.29, 0.717) is 6.54 Å². The van der Waals surface area contributed by atoms with Gasteiger partial charge in [-0.2, -0.15) is 11.8 Å². The highest BCUT2D eigenvalue weighted by Crippen LogP contribution is 2.21. The molecule has 78 valence electrons. The maximum Gasteiger partial charge on any atom is 0.236 e. The molecule has 13 heavy (non-hydrogen) atoms. The average molecular weight is 268 g/mol. The number of amides is 1. The summed E-state index contributed by atoms with van der Waals surface area (Å²) < 4.78 is -0.366.